The number of fused-ring (bicyclic) bond motifs is 1. The van der Waals surface area contributed by atoms with E-state index in [1.165, 1.54) is 0 Å². The third kappa shape index (κ3) is 6.89. The van der Waals surface area contributed by atoms with E-state index in [2.05, 4.69) is 38.0 Å². The molecule has 0 radical (unpaired) electrons. The van der Waals surface area contributed by atoms with E-state index in [9.17, 15) is 0 Å². The SMILES string of the molecule is Cl.Cl.Cl.c1ccc(N2CCN(CCCOc3ccc4cccnc4c3)CC2)nc1. The number of aromatic nitrogens is 2. The van der Waals surface area contributed by atoms with Crippen LogP contribution in [0, 0.1) is 0 Å². The van der Waals surface area contributed by atoms with E-state index in [0.29, 0.717) is 0 Å². The molecule has 0 amide bonds. The molecule has 0 bridgehead atoms. The van der Waals surface area contributed by atoms with E-state index in [-0.39, 0.29) is 37.2 Å². The largest absolute Gasteiger partial charge is 0.493 e. The molecule has 0 saturated carbocycles. The Hall–Kier alpha value is -1.79. The van der Waals surface area contributed by atoms with Crippen molar-refractivity contribution >= 4 is 53.9 Å². The fourth-order valence-corrected chi connectivity index (χ4v) is 3.36. The first kappa shape index (κ1) is 25.2. The van der Waals surface area contributed by atoms with Gasteiger partial charge in [-0.1, -0.05) is 12.1 Å². The van der Waals surface area contributed by atoms with Gasteiger partial charge >= 0.3 is 0 Å². The van der Waals surface area contributed by atoms with Crippen molar-refractivity contribution in [1.82, 2.24) is 14.9 Å². The van der Waals surface area contributed by atoms with Gasteiger partial charge in [-0.25, -0.2) is 4.98 Å². The van der Waals surface area contributed by atoms with Gasteiger partial charge < -0.3 is 9.64 Å². The standard InChI is InChI=1S/C21H24N4O.3ClH/c1-2-9-23-21(6-1)25-14-12-24(13-15-25)11-4-16-26-19-8-7-18-5-3-10-22-20(18)17-19;;;/h1-3,5-10,17H,4,11-16H2;3*1H. The molecule has 1 aliphatic heterocycles. The van der Waals surface area contributed by atoms with Crippen molar-refractivity contribution in [2.75, 3.05) is 44.2 Å². The van der Waals surface area contributed by atoms with Crippen molar-refractivity contribution in [3.63, 3.8) is 0 Å². The lowest BCUT2D eigenvalue weighted by Crippen LogP contribution is -2.47. The minimum absolute atomic E-state index is 0. The van der Waals surface area contributed by atoms with Crippen LogP contribution >= 0.6 is 37.2 Å². The molecular formula is C21H27Cl3N4O. The maximum Gasteiger partial charge on any atom is 0.128 e. The number of ether oxygens (including phenoxy) is 1. The fourth-order valence-electron chi connectivity index (χ4n) is 3.36. The smallest absolute Gasteiger partial charge is 0.128 e. The van der Waals surface area contributed by atoms with Crippen molar-refractivity contribution in [3.05, 3.63) is 60.9 Å². The number of rotatable bonds is 6. The van der Waals surface area contributed by atoms with Crippen molar-refractivity contribution in [2.24, 2.45) is 0 Å². The van der Waals surface area contributed by atoms with Crippen LogP contribution in [-0.4, -0.2) is 54.2 Å². The Morgan fingerprint density at radius 2 is 1.62 bits per heavy atom. The third-order valence-corrected chi connectivity index (χ3v) is 4.81. The summed E-state index contributed by atoms with van der Waals surface area (Å²) in [6, 6.07) is 16.2. The minimum Gasteiger partial charge on any atom is -0.493 e. The van der Waals surface area contributed by atoms with Gasteiger partial charge in [0, 0.05) is 56.6 Å². The summed E-state index contributed by atoms with van der Waals surface area (Å²) in [4.78, 5) is 13.7. The van der Waals surface area contributed by atoms with Crippen molar-refractivity contribution in [2.45, 2.75) is 6.42 Å². The molecule has 3 aromatic rings. The van der Waals surface area contributed by atoms with Gasteiger partial charge in [-0.15, -0.1) is 37.2 Å². The first-order valence-electron chi connectivity index (χ1n) is 9.24. The fraction of sp³-hybridized carbons (Fsp3) is 0.333. The van der Waals surface area contributed by atoms with Gasteiger partial charge in [0.1, 0.15) is 11.6 Å². The minimum atomic E-state index is 0. The molecule has 1 aromatic carbocycles. The van der Waals surface area contributed by atoms with Gasteiger partial charge in [-0.3, -0.25) is 9.88 Å². The lowest BCUT2D eigenvalue weighted by Gasteiger charge is -2.35. The zero-order valence-electron chi connectivity index (χ0n) is 16.1. The molecule has 4 rings (SSSR count). The Bertz CT molecular complexity index is 845. The van der Waals surface area contributed by atoms with Gasteiger partial charge in [0.15, 0.2) is 0 Å². The highest BCUT2D eigenvalue weighted by Crippen LogP contribution is 2.19. The number of nitrogens with zero attached hydrogens (tertiary/aromatic N) is 4. The summed E-state index contributed by atoms with van der Waals surface area (Å²) < 4.78 is 5.91. The van der Waals surface area contributed by atoms with Gasteiger partial charge in [0.2, 0.25) is 0 Å². The van der Waals surface area contributed by atoms with Crippen molar-refractivity contribution in [3.8, 4) is 5.75 Å². The molecule has 1 saturated heterocycles. The number of halogens is 3. The van der Waals surface area contributed by atoms with Crippen LogP contribution in [0.25, 0.3) is 10.9 Å². The maximum atomic E-state index is 5.91. The molecule has 1 fully saturated rings. The Morgan fingerprint density at radius 3 is 2.38 bits per heavy atom. The molecule has 2 aromatic heterocycles. The van der Waals surface area contributed by atoms with Crippen LogP contribution in [-0.2, 0) is 0 Å². The van der Waals surface area contributed by atoms with Crippen LogP contribution < -0.4 is 9.64 Å². The molecule has 0 aliphatic carbocycles. The predicted molar refractivity (Wildman–Crippen MR) is 126 cm³/mol. The van der Waals surface area contributed by atoms with Crippen LogP contribution in [0.2, 0.25) is 0 Å². The first-order chi connectivity index (χ1) is 12.9. The number of benzene rings is 1. The number of pyridine rings is 2. The summed E-state index contributed by atoms with van der Waals surface area (Å²) >= 11 is 0. The Labute approximate surface area is 190 Å². The van der Waals surface area contributed by atoms with Crippen LogP contribution in [0.3, 0.4) is 0 Å². The van der Waals surface area contributed by atoms with Crippen LogP contribution in [0.1, 0.15) is 6.42 Å². The number of hydrogen-bond donors (Lipinski definition) is 0. The lowest BCUT2D eigenvalue weighted by molar-refractivity contribution is 0.224. The average Bonchev–Trinajstić information content (AvgIpc) is 2.72. The number of hydrogen-bond acceptors (Lipinski definition) is 5. The molecule has 8 heteroatoms. The maximum absolute atomic E-state index is 5.91. The predicted octanol–water partition coefficient (Wildman–Crippen LogP) is 4.49. The summed E-state index contributed by atoms with van der Waals surface area (Å²) in [6.07, 6.45) is 4.71. The molecular weight excluding hydrogens is 431 g/mol. The Kier molecular flexibility index (Phi) is 11.1. The summed E-state index contributed by atoms with van der Waals surface area (Å²) in [5.74, 6) is 1.98. The van der Waals surface area contributed by atoms with Gasteiger partial charge in [0.05, 0.1) is 12.1 Å². The number of anilines is 1. The van der Waals surface area contributed by atoms with E-state index in [1.54, 1.807) is 0 Å². The van der Waals surface area contributed by atoms with E-state index in [4.69, 9.17) is 4.74 Å². The molecule has 5 nitrogen and oxygen atoms in total. The molecule has 0 atom stereocenters. The monoisotopic (exact) mass is 456 g/mol. The number of piperazine rings is 1. The molecule has 29 heavy (non-hydrogen) atoms. The summed E-state index contributed by atoms with van der Waals surface area (Å²) in [5.41, 5.74) is 0.982. The van der Waals surface area contributed by atoms with Crippen LogP contribution in [0.15, 0.2) is 60.9 Å². The highest BCUT2D eigenvalue weighted by molar-refractivity contribution is 5.86. The summed E-state index contributed by atoms with van der Waals surface area (Å²) in [5, 5.41) is 1.14. The molecule has 1 aliphatic rings. The molecule has 3 heterocycles. The second-order valence-corrected chi connectivity index (χ2v) is 6.58. The second-order valence-electron chi connectivity index (χ2n) is 6.58. The second kappa shape index (κ2) is 12.7. The van der Waals surface area contributed by atoms with Gasteiger partial charge in [-0.05, 0) is 36.8 Å². The topological polar surface area (TPSA) is 41.5 Å². The highest BCUT2D eigenvalue weighted by atomic mass is 35.5. The van der Waals surface area contributed by atoms with Gasteiger partial charge in [0.25, 0.3) is 0 Å². The molecule has 0 N–H and O–H groups in total. The van der Waals surface area contributed by atoms with E-state index >= 15 is 0 Å². The average molecular weight is 458 g/mol. The Morgan fingerprint density at radius 1 is 0.828 bits per heavy atom. The Balaban J connectivity index is 0.00000140. The first-order valence-corrected chi connectivity index (χ1v) is 9.24. The third-order valence-electron chi connectivity index (χ3n) is 4.81. The van der Waals surface area contributed by atoms with E-state index < -0.39 is 0 Å². The summed E-state index contributed by atoms with van der Waals surface area (Å²) in [6.45, 7) is 6.04. The summed E-state index contributed by atoms with van der Waals surface area (Å²) in [7, 11) is 0. The quantitative estimate of drug-likeness (QED) is 0.510. The van der Waals surface area contributed by atoms with Crippen molar-refractivity contribution in [1.29, 1.82) is 0 Å². The van der Waals surface area contributed by atoms with Gasteiger partial charge in [-0.2, -0.15) is 0 Å². The molecule has 0 spiro atoms. The van der Waals surface area contributed by atoms with Crippen molar-refractivity contribution < 1.29 is 4.74 Å². The zero-order chi connectivity index (χ0) is 17.6. The molecule has 158 valence electrons. The van der Waals surface area contributed by atoms with Crippen LogP contribution in [0.5, 0.6) is 5.75 Å². The van der Waals surface area contributed by atoms with Crippen LogP contribution in [0.4, 0.5) is 5.82 Å². The lowest BCUT2D eigenvalue weighted by atomic mass is 10.2. The highest BCUT2D eigenvalue weighted by Gasteiger charge is 2.17. The molecule has 0 unspecified atom stereocenters. The van der Waals surface area contributed by atoms with E-state index in [0.717, 1.165) is 68.2 Å². The normalized spacial score (nSPS) is 13.7. The van der Waals surface area contributed by atoms with E-state index in [1.807, 2.05) is 42.7 Å². The zero-order valence-corrected chi connectivity index (χ0v) is 18.6.